The lowest BCUT2D eigenvalue weighted by Crippen LogP contribution is -3.29. The summed E-state index contributed by atoms with van der Waals surface area (Å²) in [6, 6.07) is 15.3. The molecule has 2 saturated heterocycles. The zero-order valence-electron chi connectivity index (χ0n) is 16.1. The van der Waals surface area contributed by atoms with Crippen LogP contribution in [-0.2, 0) is 16.1 Å². The highest BCUT2D eigenvalue weighted by molar-refractivity contribution is 6.31. The first kappa shape index (κ1) is 19.1. The number of anilines is 1. The summed E-state index contributed by atoms with van der Waals surface area (Å²) in [7, 11) is 0. The summed E-state index contributed by atoms with van der Waals surface area (Å²) in [5.41, 5.74) is 3.23. The minimum absolute atomic E-state index is 0.0931. The highest BCUT2D eigenvalue weighted by Gasteiger charge is 2.46. The largest absolute Gasteiger partial charge is 0.322 e. The van der Waals surface area contributed by atoms with Crippen LogP contribution in [0.5, 0.6) is 0 Å². The van der Waals surface area contributed by atoms with Crippen molar-refractivity contribution in [1.82, 2.24) is 0 Å². The molecule has 2 fully saturated rings. The summed E-state index contributed by atoms with van der Waals surface area (Å²) in [4.78, 5) is 29.6. The Kier molecular flexibility index (Phi) is 5.49. The quantitative estimate of drug-likeness (QED) is 0.725. The molecule has 2 N–H and O–H groups in total. The number of nitrogens with zero attached hydrogens (tertiary/aromatic N) is 1. The fourth-order valence-corrected chi connectivity index (χ4v) is 4.58. The summed E-state index contributed by atoms with van der Waals surface area (Å²) in [5.74, 6) is -0.219. The van der Waals surface area contributed by atoms with Crippen molar-refractivity contribution in [1.29, 1.82) is 0 Å². The van der Waals surface area contributed by atoms with Gasteiger partial charge >= 0.3 is 0 Å². The molecule has 2 amide bonds. The zero-order valence-corrected chi connectivity index (χ0v) is 16.8. The van der Waals surface area contributed by atoms with Gasteiger partial charge in [0, 0.05) is 10.6 Å². The van der Waals surface area contributed by atoms with Crippen LogP contribution in [0.15, 0.2) is 48.5 Å². The van der Waals surface area contributed by atoms with Gasteiger partial charge in [-0.05, 0) is 25.1 Å². The molecular weight excluding hydrogens is 374 g/mol. The number of imide groups is 1. The summed E-state index contributed by atoms with van der Waals surface area (Å²) < 4.78 is 0. The van der Waals surface area contributed by atoms with Crippen LogP contribution in [0, 0.1) is 6.92 Å². The number of halogens is 1. The second-order valence-corrected chi connectivity index (χ2v) is 8.31. The van der Waals surface area contributed by atoms with Crippen molar-refractivity contribution in [3.63, 3.8) is 0 Å². The van der Waals surface area contributed by atoms with E-state index in [9.17, 15) is 9.59 Å². The maximum Gasteiger partial charge on any atom is 0.292 e. The Morgan fingerprint density at radius 3 is 2.50 bits per heavy atom. The van der Waals surface area contributed by atoms with Gasteiger partial charge in [-0.25, -0.2) is 4.90 Å². The maximum absolute atomic E-state index is 13.0. The molecule has 6 heteroatoms. The number of hydrogen-bond acceptors (Lipinski definition) is 2. The van der Waals surface area contributed by atoms with Crippen molar-refractivity contribution >= 4 is 29.1 Å². The smallest absolute Gasteiger partial charge is 0.292 e. The number of quaternary nitrogens is 2. The lowest BCUT2D eigenvalue weighted by Gasteiger charge is -2.32. The predicted octanol–water partition coefficient (Wildman–Crippen LogP) is 0.264. The van der Waals surface area contributed by atoms with Crippen molar-refractivity contribution in [3.05, 3.63) is 64.7 Å². The number of carbonyl (C=O) groups is 2. The van der Waals surface area contributed by atoms with Gasteiger partial charge in [0.2, 0.25) is 5.91 Å². The molecule has 146 valence electrons. The second-order valence-electron chi connectivity index (χ2n) is 7.88. The molecule has 2 heterocycles. The average molecular weight is 400 g/mol. The molecule has 0 radical (unpaired) electrons. The summed E-state index contributed by atoms with van der Waals surface area (Å²) in [6.45, 7) is 6.98. The predicted molar refractivity (Wildman–Crippen MR) is 109 cm³/mol. The van der Waals surface area contributed by atoms with Crippen LogP contribution in [-0.4, -0.2) is 44.0 Å². The van der Waals surface area contributed by atoms with E-state index in [1.54, 1.807) is 24.3 Å². The number of carbonyl (C=O) groups excluding carboxylic acids is 2. The van der Waals surface area contributed by atoms with Gasteiger partial charge in [0.05, 0.1) is 12.1 Å². The van der Waals surface area contributed by atoms with Gasteiger partial charge in [0.25, 0.3) is 5.91 Å². The topological polar surface area (TPSA) is 46.3 Å². The molecule has 4 rings (SSSR count). The number of nitrogens with one attached hydrogen (secondary N) is 2. The molecule has 2 aliphatic heterocycles. The van der Waals surface area contributed by atoms with Gasteiger partial charge in [-0.3, -0.25) is 9.59 Å². The van der Waals surface area contributed by atoms with Crippen molar-refractivity contribution in [2.24, 2.45) is 0 Å². The Bertz CT molecular complexity index is 893. The summed E-state index contributed by atoms with van der Waals surface area (Å²) in [5, 5.41) is 0.530. The van der Waals surface area contributed by atoms with Crippen LogP contribution in [0.3, 0.4) is 0 Å². The van der Waals surface area contributed by atoms with E-state index >= 15 is 0 Å². The van der Waals surface area contributed by atoms with E-state index < -0.39 is 0 Å². The number of benzene rings is 2. The van der Waals surface area contributed by atoms with Crippen molar-refractivity contribution in [2.75, 3.05) is 31.1 Å². The average Bonchev–Trinajstić information content (AvgIpc) is 2.97. The lowest BCUT2D eigenvalue weighted by atomic mass is 10.1. The fourth-order valence-electron chi connectivity index (χ4n) is 4.40. The van der Waals surface area contributed by atoms with Crippen LogP contribution in [0.4, 0.5) is 5.69 Å². The normalized spacial score (nSPS) is 25.4. The molecule has 0 unspecified atom stereocenters. The van der Waals surface area contributed by atoms with Crippen LogP contribution in [0.25, 0.3) is 0 Å². The van der Waals surface area contributed by atoms with Gasteiger partial charge in [0.15, 0.2) is 6.04 Å². The number of amides is 2. The zero-order chi connectivity index (χ0) is 19.7. The van der Waals surface area contributed by atoms with E-state index in [-0.39, 0.29) is 24.3 Å². The van der Waals surface area contributed by atoms with Crippen LogP contribution >= 0.6 is 11.6 Å². The molecule has 28 heavy (non-hydrogen) atoms. The third-order valence-electron chi connectivity index (χ3n) is 5.84. The van der Waals surface area contributed by atoms with E-state index in [4.69, 9.17) is 11.6 Å². The monoisotopic (exact) mass is 399 g/mol. The van der Waals surface area contributed by atoms with E-state index in [2.05, 4.69) is 31.2 Å². The second kappa shape index (κ2) is 8.03. The number of aryl methyl sites for hydroxylation is 1. The first-order chi connectivity index (χ1) is 13.5. The Hall–Kier alpha value is -2.21. The minimum atomic E-state index is -0.271. The van der Waals surface area contributed by atoms with Crippen LogP contribution in [0.2, 0.25) is 5.02 Å². The molecule has 1 atom stereocenters. The van der Waals surface area contributed by atoms with Gasteiger partial charge in [0.1, 0.15) is 32.7 Å². The SMILES string of the molecule is Cc1cccc(C[NH+]2CC[NH+]([C@@H]3CC(=O)N(c4cccc(Cl)c4)C3=O)CC2)c1. The van der Waals surface area contributed by atoms with Gasteiger partial charge in [-0.15, -0.1) is 0 Å². The fraction of sp³-hybridized carbons (Fsp3) is 0.364. The van der Waals surface area contributed by atoms with Crippen molar-refractivity contribution in [3.8, 4) is 0 Å². The van der Waals surface area contributed by atoms with Crippen LogP contribution in [0.1, 0.15) is 17.5 Å². The highest BCUT2D eigenvalue weighted by atomic mass is 35.5. The minimum Gasteiger partial charge on any atom is -0.322 e. The third kappa shape index (κ3) is 3.97. The number of hydrogen-bond donors (Lipinski definition) is 2. The molecule has 2 aromatic rings. The van der Waals surface area contributed by atoms with Gasteiger partial charge in [-0.1, -0.05) is 47.5 Å². The molecule has 0 bridgehead atoms. The van der Waals surface area contributed by atoms with E-state index in [1.165, 1.54) is 25.8 Å². The first-order valence-electron chi connectivity index (χ1n) is 9.87. The van der Waals surface area contributed by atoms with E-state index in [0.29, 0.717) is 10.7 Å². The van der Waals surface area contributed by atoms with Crippen molar-refractivity contribution < 1.29 is 19.4 Å². The molecular formula is C22H26ClN3O2+2. The molecule has 0 spiro atoms. The lowest BCUT2D eigenvalue weighted by molar-refractivity contribution is -1.02. The van der Waals surface area contributed by atoms with Gasteiger partial charge < -0.3 is 9.80 Å². The maximum atomic E-state index is 13.0. The first-order valence-corrected chi connectivity index (χ1v) is 10.2. The third-order valence-corrected chi connectivity index (χ3v) is 6.08. The van der Waals surface area contributed by atoms with Gasteiger partial charge in [-0.2, -0.15) is 0 Å². The Morgan fingerprint density at radius 1 is 1.04 bits per heavy atom. The standard InChI is InChI=1S/C22H24ClN3O2/c1-16-4-2-5-17(12-16)15-24-8-10-25(11-9-24)20-14-21(27)26(22(20)28)19-7-3-6-18(23)13-19/h2-7,12-13,20H,8-11,14-15H2,1H3/p+2/t20-/m1/s1. The molecule has 2 aromatic carbocycles. The summed E-state index contributed by atoms with van der Waals surface area (Å²) >= 11 is 6.04. The Morgan fingerprint density at radius 2 is 1.79 bits per heavy atom. The van der Waals surface area contributed by atoms with E-state index in [1.807, 2.05) is 0 Å². The molecule has 5 nitrogen and oxygen atoms in total. The molecule has 2 aliphatic rings. The molecule has 0 saturated carbocycles. The number of piperazine rings is 1. The Labute approximate surface area is 170 Å². The molecule has 0 aromatic heterocycles. The van der Waals surface area contributed by atoms with E-state index in [0.717, 1.165) is 32.7 Å². The number of rotatable bonds is 4. The van der Waals surface area contributed by atoms with Crippen LogP contribution < -0.4 is 14.7 Å². The van der Waals surface area contributed by atoms with Crippen molar-refractivity contribution in [2.45, 2.75) is 25.9 Å². The Balaban J connectivity index is 1.38. The molecule has 0 aliphatic carbocycles. The summed E-state index contributed by atoms with van der Waals surface area (Å²) in [6.07, 6.45) is 0.286. The highest BCUT2D eigenvalue weighted by Crippen LogP contribution is 2.24.